The number of nitrogens with zero attached hydrogens (tertiary/aromatic N) is 4. The molecule has 162 valence electrons. The molecule has 1 aromatic carbocycles. The van der Waals surface area contributed by atoms with Gasteiger partial charge < -0.3 is 20.1 Å². The van der Waals surface area contributed by atoms with Crippen molar-refractivity contribution in [1.82, 2.24) is 25.7 Å². The smallest absolute Gasteiger partial charge is 0.226 e. The molecule has 0 saturated carbocycles. The summed E-state index contributed by atoms with van der Waals surface area (Å²) in [6.07, 6.45) is 3.09. The largest absolute Gasteiger partial charge is 0.357 e. The van der Waals surface area contributed by atoms with Gasteiger partial charge in [0.05, 0.1) is 0 Å². The molecule has 1 fully saturated rings. The number of nitrogens with one attached hydrogen (secondary N) is 2. The molecule has 1 unspecified atom stereocenters. The lowest BCUT2D eigenvalue weighted by Gasteiger charge is -2.16. The van der Waals surface area contributed by atoms with Crippen LogP contribution < -0.4 is 10.6 Å². The summed E-state index contributed by atoms with van der Waals surface area (Å²) in [7, 11) is 0. The Kier molecular flexibility index (Phi) is 8.23. The molecule has 1 saturated heterocycles. The molecule has 3 rings (SSSR count). The molecular formula is C22H32N6O2. The Hall–Kier alpha value is -2.90. The van der Waals surface area contributed by atoms with Gasteiger partial charge in [-0.2, -0.15) is 4.98 Å². The Morgan fingerprint density at radius 3 is 2.83 bits per heavy atom. The number of carbonyl (C=O) groups is 1. The highest BCUT2D eigenvalue weighted by atomic mass is 16.5. The van der Waals surface area contributed by atoms with E-state index in [2.05, 4.69) is 32.9 Å². The maximum Gasteiger partial charge on any atom is 0.226 e. The van der Waals surface area contributed by atoms with E-state index in [0.717, 1.165) is 51.4 Å². The number of rotatable bonds is 10. The predicted octanol–water partition coefficient (Wildman–Crippen LogP) is 1.96. The van der Waals surface area contributed by atoms with E-state index in [4.69, 9.17) is 9.52 Å². The molecule has 0 aliphatic carbocycles. The molecule has 1 amide bonds. The van der Waals surface area contributed by atoms with Crippen molar-refractivity contribution in [2.24, 2.45) is 10.9 Å². The van der Waals surface area contributed by atoms with Gasteiger partial charge in [0, 0.05) is 51.5 Å². The Morgan fingerprint density at radius 1 is 1.27 bits per heavy atom. The highest BCUT2D eigenvalue weighted by Crippen LogP contribution is 2.18. The minimum atomic E-state index is 0.235. The third-order valence-corrected chi connectivity index (χ3v) is 5.09. The number of guanidine groups is 1. The molecule has 1 atom stereocenters. The first-order valence-electron chi connectivity index (χ1n) is 10.8. The molecule has 2 aromatic rings. The monoisotopic (exact) mass is 412 g/mol. The van der Waals surface area contributed by atoms with E-state index in [0.29, 0.717) is 24.7 Å². The van der Waals surface area contributed by atoms with E-state index in [-0.39, 0.29) is 11.8 Å². The summed E-state index contributed by atoms with van der Waals surface area (Å²) in [5.41, 5.74) is 1.26. The van der Waals surface area contributed by atoms with Crippen LogP contribution in [-0.2, 0) is 17.6 Å². The zero-order valence-corrected chi connectivity index (χ0v) is 17.9. The Balaban J connectivity index is 1.40. The van der Waals surface area contributed by atoms with Gasteiger partial charge in [-0.15, -0.1) is 0 Å². The van der Waals surface area contributed by atoms with Crippen LogP contribution in [0.5, 0.6) is 0 Å². The van der Waals surface area contributed by atoms with E-state index in [1.807, 2.05) is 36.9 Å². The quantitative estimate of drug-likeness (QED) is 0.352. The number of aryl methyl sites for hydroxylation is 2. The fourth-order valence-corrected chi connectivity index (χ4v) is 3.55. The van der Waals surface area contributed by atoms with Crippen molar-refractivity contribution < 1.29 is 9.32 Å². The van der Waals surface area contributed by atoms with Gasteiger partial charge in [0.15, 0.2) is 11.8 Å². The van der Waals surface area contributed by atoms with Gasteiger partial charge >= 0.3 is 0 Å². The van der Waals surface area contributed by atoms with Crippen LogP contribution >= 0.6 is 0 Å². The van der Waals surface area contributed by atoms with Gasteiger partial charge in [-0.25, -0.2) is 0 Å². The fraction of sp³-hybridized carbons (Fsp3) is 0.545. The third-order valence-electron chi connectivity index (χ3n) is 5.09. The average molecular weight is 413 g/mol. The number of hydrogen-bond acceptors (Lipinski definition) is 5. The summed E-state index contributed by atoms with van der Waals surface area (Å²) >= 11 is 0. The summed E-state index contributed by atoms with van der Waals surface area (Å²) in [4.78, 5) is 23.2. The lowest BCUT2D eigenvalue weighted by molar-refractivity contribution is -0.127. The molecule has 2 heterocycles. The Bertz CT molecular complexity index is 820. The molecule has 0 bridgehead atoms. The second kappa shape index (κ2) is 11.3. The molecule has 2 N–H and O–H groups in total. The lowest BCUT2D eigenvalue weighted by Crippen LogP contribution is -2.38. The second-order valence-electron chi connectivity index (χ2n) is 7.63. The van der Waals surface area contributed by atoms with Crippen molar-refractivity contribution >= 4 is 11.9 Å². The molecular weight excluding hydrogens is 380 g/mol. The minimum absolute atomic E-state index is 0.235. The first kappa shape index (κ1) is 21.8. The number of hydrogen-bond donors (Lipinski definition) is 2. The van der Waals surface area contributed by atoms with Crippen molar-refractivity contribution in [2.75, 3.05) is 32.7 Å². The normalized spacial score (nSPS) is 16.9. The molecule has 8 nitrogen and oxygen atoms in total. The van der Waals surface area contributed by atoms with E-state index in [1.165, 1.54) is 5.56 Å². The molecule has 1 aromatic heterocycles. The average Bonchev–Trinajstić information content (AvgIpc) is 3.33. The molecule has 30 heavy (non-hydrogen) atoms. The zero-order chi connectivity index (χ0) is 21.2. The summed E-state index contributed by atoms with van der Waals surface area (Å²) in [6, 6.07) is 10.3. The van der Waals surface area contributed by atoms with Crippen LogP contribution in [0.3, 0.4) is 0 Å². The van der Waals surface area contributed by atoms with Gasteiger partial charge in [-0.1, -0.05) is 35.5 Å². The van der Waals surface area contributed by atoms with E-state index in [9.17, 15) is 4.79 Å². The molecule has 0 spiro atoms. The maximum absolute atomic E-state index is 12.3. The molecule has 0 radical (unpaired) electrons. The summed E-state index contributed by atoms with van der Waals surface area (Å²) < 4.78 is 5.13. The molecule has 1 aliphatic rings. The molecule has 1 aliphatic heterocycles. The van der Waals surface area contributed by atoms with Crippen LogP contribution in [0.25, 0.3) is 0 Å². The van der Waals surface area contributed by atoms with Gasteiger partial charge in [0.25, 0.3) is 0 Å². The summed E-state index contributed by atoms with van der Waals surface area (Å²) in [5.74, 6) is 2.62. The van der Waals surface area contributed by atoms with Crippen LogP contribution in [-0.4, -0.2) is 59.6 Å². The minimum Gasteiger partial charge on any atom is -0.357 e. The predicted molar refractivity (Wildman–Crippen MR) is 116 cm³/mol. The van der Waals surface area contributed by atoms with Crippen molar-refractivity contribution in [3.8, 4) is 0 Å². The number of aromatic nitrogens is 2. The van der Waals surface area contributed by atoms with E-state index < -0.39 is 0 Å². The SMILES string of the molecule is CCNC(=NCC1CC(=O)N(CCc2ccccc2)C1)NCCCc1nc(C)no1. The number of likely N-dealkylation sites (tertiary alicyclic amines) is 1. The van der Waals surface area contributed by atoms with Crippen LogP contribution in [0.4, 0.5) is 0 Å². The summed E-state index contributed by atoms with van der Waals surface area (Å²) in [6.45, 7) is 7.62. The van der Waals surface area contributed by atoms with Crippen molar-refractivity contribution in [1.29, 1.82) is 0 Å². The van der Waals surface area contributed by atoms with Crippen LogP contribution in [0, 0.1) is 12.8 Å². The van der Waals surface area contributed by atoms with Crippen molar-refractivity contribution in [3.63, 3.8) is 0 Å². The van der Waals surface area contributed by atoms with Gasteiger partial charge in [0.1, 0.15) is 0 Å². The number of aliphatic imine (C=N–C) groups is 1. The van der Waals surface area contributed by atoms with Crippen LogP contribution in [0.2, 0.25) is 0 Å². The fourth-order valence-electron chi connectivity index (χ4n) is 3.55. The van der Waals surface area contributed by atoms with Gasteiger partial charge in [-0.3, -0.25) is 9.79 Å². The van der Waals surface area contributed by atoms with E-state index >= 15 is 0 Å². The first-order chi connectivity index (χ1) is 14.6. The lowest BCUT2D eigenvalue weighted by atomic mass is 10.1. The maximum atomic E-state index is 12.3. The van der Waals surface area contributed by atoms with Gasteiger partial charge in [0.2, 0.25) is 11.8 Å². The van der Waals surface area contributed by atoms with E-state index in [1.54, 1.807) is 0 Å². The van der Waals surface area contributed by atoms with Crippen molar-refractivity contribution in [2.45, 2.75) is 39.5 Å². The Morgan fingerprint density at radius 2 is 2.10 bits per heavy atom. The zero-order valence-electron chi connectivity index (χ0n) is 17.9. The topological polar surface area (TPSA) is 95.7 Å². The van der Waals surface area contributed by atoms with Gasteiger partial charge in [-0.05, 0) is 32.3 Å². The highest BCUT2D eigenvalue weighted by molar-refractivity contribution is 5.80. The summed E-state index contributed by atoms with van der Waals surface area (Å²) in [5, 5.41) is 10.4. The number of benzene rings is 1. The first-order valence-corrected chi connectivity index (χ1v) is 10.8. The van der Waals surface area contributed by atoms with Crippen LogP contribution in [0.1, 0.15) is 37.0 Å². The number of amides is 1. The number of carbonyl (C=O) groups excluding carboxylic acids is 1. The van der Waals surface area contributed by atoms with Crippen molar-refractivity contribution in [3.05, 3.63) is 47.6 Å². The third kappa shape index (κ3) is 6.86. The Labute approximate surface area is 178 Å². The standard InChI is InChI=1S/C22H32N6O2/c1-3-23-22(24-12-7-10-20-26-17(2)27-30-20)25-15-19-14-21(29)28(16-19)13-11-18-8-5-4-6-9-18/h4-6,8-9,19H,3,7,10-16H2,1-2H3,(H2,23,24,25). The van der Waals surface area contributed by atoms with Crippen LogP contribution in [0.15, 0.2) is 39.8 Å². The highest BCUT2D eigenvalue weighted by Gasteiger charge is 2.28. The molecule has 8 heteroatoms. The second-order valence-corrected chi connectivity index (χ2v) is 7.63.